The molecule has 0 aliphatic rings. The molecule has 4 nitrogen and oxygen atoms in total. The van der Waals surface area contributed by atoms with Gasteiger partial charge in [-0.25, -0.2) is 0 Å². The molecule has 0 aromatic carbocycles. The van der Waals surface area contributed by atoms with E-state index in [0.29, 0.717) is 0 Å². The molecule has 0 fully saturated rings. The smallest absolute Gasteiger partial charge is 0.244 e. The second kappa shape index (κ2) is 3.12. The summed E-state index contributed by atoms with van der Waals surface area (Å²) in [5.74, 6) is -0.119. The molecule has 11 heavy (non-hydrogen) atoms. The molecule has 1 aromatic rings. The first-order chi connectivity index (χ1) is 5.11. The Bertz CT molecular complexity index is 276. The van der Waals surface area contributed by atoms with Crippen LogP contribution in [0.5, 0.6) is 0 Å². The van der Waals surface area contributed by atoms with Crippen molar-refractivity contribution in [1.29, 1.82) is 0 Å². The highest BCUT2D eigenvalue weighted by molar-refractivity contribution is 14.1. The summed E-state index contributed by atoms with van der Waals surface area (Å²) in [5, 5.41) is 3.38. The van der Waals surface area contributed by atoms with Gasteiger partial charge in [0, 0.05) is 35.6 Å². The standard InChI is InChI=1S/C6H4INO3/c1-3(9)5-2-4(6(7)10)8-11-5/h2H,1H3. The zero-order chi connectivity index (χ0) is 8.43. The van der Waals surface area contributed by atoms with Crippen LogP contribution in [0.25, 0.3) is 0 Å². The van der Waals surface area contributed by atoms with Crippen molar-refractivity contribution in [3.8, 4) is 0 Å². The molecular weight excluding hydrogens is 261 g/mol. The Balaban J connectivity index is 2.99. The highest BCUT2D eigenvalue weighted by Crippen LogP contribution is 2.07. The molecule has 0 radical (unpaired) electrons. The van der Waals surface area contributed by atoms with Crippen LogP contribution in [0.1, 0.15) is 28.0 Å². The van der Waals surface area contributed by atoms with Crippen LogP contribution in [0.4, 0.5) is 0 Å². The Labute approximate surface area is 76.1 Å². The summed E-state index contributed by atoms with van der Waals surface area (Å²) in [5.41, 5.74) is 0.177. The number of halogens is 1. The monoisotopic (exact) mass is 265 g/mol. The van der Waals surface area contributed by atoms with Crippen LogP contribution in [0.15, 0.2) is 10.6 Å². The van der Waals surface area contributed by atoms with Gasteiger partial charge in [0.2, 0.25) is 9.55 Å². The van der Waals surface area contributed by atoms with Gasteiger partial charge in [-0.2, -0.15) is 0 Å². The van der Waals surface area contributed by atoms with Gasteiger partial charge in [-0.05, 0) is 0 Å². The van der Waals surface area contributed by atoms with Crippen LogP contribution in [0.2, 0.25) is 0 Å². The van der Waals surface area contributed by atoms with E-state index in [4.69, 9.17) is 0 Å². The minimum absolute atomic E-state index is 0.116. The lowest BCUT2D eigenvalue weighted by Gasteiger charge is -1.77. The van der Waals surface area contributed by atoms with Gasteiger partial charge in [-0.1, -0.05) is 5.16 Å². The predicted octanol–water partition coefficient (Wildman–Crippen LogP) is 1.45. The van der Waals surface area contributed by atoms with E-state index in [0.717, 1.165) is 0 Å². The normalized spacial score (nSPS) is 9.64. The van der Waals surface area contributed by atoms with E-state index in [1.54, 1.807) is 22.6 Å². The average Bonchev–Trinajstić information content (AvgIpc) is 2.33. The fraction of sp³-hybridized carbons (Fsp3) is 0.167. The Kier molecular flexibility index (Phi) is 2.38. The molecule has 0 unspecified atom stereocenters. The average molecular weight is 265 g/mol. The second-order valence-corrected chi connectivity index (χ2v) is 2.89. The quantitative estimate of drug-likeness (QED) is 0.461. The molecule has 1 rings (SSSR count). The Morgan fingerprint density at radius 2 is 2.27 bits per heavy atom. The van der Waals surface area contributed by atoms with E-state index in [9.17, 15) is 9.59 Å². The van der Waals surface area contributed by atoms with Crippen molar-refractivity contribution < 1.29 is 14.1 Å². The highest BCUT2D eigenvalue weighted by Gasteiger charge is 2.11. The summed E-state index contributed by atoms with van der Waals surface area (Å²) < 4.78 is 4.33. The third-order valence-corrected chi connectivity index (χ3v) is 1.61. The van der Waals surface area contributed by atoms with E-state index in [1.807, 2.05) is 0 Å². The molecule has 0 aliphatic carbocycles. The maximum absolute atomic E-state index is 10.6. The number of Topliss-reactive ketones (excluding diaryl/α,β-unsaturated/α-hetero) is 1. The third kappa shape index (κ3) is 1.86. The molecule has 1 heterocycles. The first-order valence-corrected chi connectivity index (χ1v) is 3.86. The number of hydrogen-bond donors (Lipinski definition) is 0. The van der Waals surface area contributed by atoms with Gasteiger partial charge in [0.15, 0.2) is 11.5 Å². The first kappa shape index (κ1) is 8.38. The molecule has 0 atom stereocenters. The van der Waals surface area contributed by atoms with E-state index in [1.165, 1.54) is 13.0 Å². The van der Waals surface area contributed by atoms with E-state index < -0.39 is 0 Å². The van der Waals surface area contributed by atoms with E-state index in [2.05, 4.69) is 9.68 Å². The number of carbonyl (C=O) groups excluding carboxylic acids is 2. The predicted molar refractivity (Wildman–Crippen MR) is 44.9 cm³/mol. The minimum Gasteiger partial charge on any atom is -0.352 e. The molecule has 58 valence electrons. The van der Waals surface area contributed by atoms with E-state index in [-0.39, 0.29) is 21.0 Å². The van der Waals surface area contributed by atoms with Crippen LogP contribution >= 0.6 is 22.6 Å². The van der Waals surface area contributed by atoms with Gasteiger partial charge < -0.3 is 4.52 Å². The minimum atomic E-state index is -0.237. The zero-order valence-corrected chi connectivity index (χ0v) is 7.78. The van der Waals surface area contributed by atoms with Crippen LogP contribution in [-0.4, -0.2) is 14.7 Å². The highest BCUT2D eigenvalue weighted by atomic mass is 127. The molecule has 0 bridgehead atoms. The topological polar surface area (TPSA) is 60.2 Å². The van der Waals surface area contributed by atoms with Crippen LogP contribution in [-0.2, 0) is 0 Å². The fourth-order valence-electron chi connectivity index (χ4n) is 0.534. The van der Waals surface area contributed by atoms with Crippen molar-refractivity contribution in [3.63, 3.8) is 0 Å². The molecule has 0 spiro atoms. The Hall–Kier alpha value is -0.720. The van der Waals surface area contributed by atoms with E-state index >= 15 is 0 Å². The Morgan fingerprint density at radius 3 is 2.55 bits per heavy atom. The van der Waals surface area contributed by atoms with Crippen molar-refractivity contribution in [2.24, 2.45) is 0 Å². The number of aromatic nitrogens is 1. The summed E-state index contributed by atoms with van der Waals surface area (Å²) in [6, 6.07) is 1.33. The molecule has 5 heteroatoms. The molecule has 0 aliphatic heterocycles. The molecule has 1 aromatic heterocycles. The van der Waals surface area contributed by atoms with Gasteiger partial charge in [0.25, 0.3) is 0 Å². The molecule has 0 saturated heterocycles. The number of rotatable bonds is 2. The van der Waals surface area contributed by atoms with Gasteiger partial charge in [0.05, 0.1) is 0 Å². The van der Waals surface area contributed by atoms with Gasteiger partial charge in [0.1, 0.15) is 0 Å². The van der Waals surface area contributed by atoms with Crippen LogP contribution in [0, 0.1) is 0 Å². The maximum Gasteiger partial charge on any atom is 0.244 e. The largest absolute Gasteiger partial charge is 0.352 e. The SMILES string of the molecule is CC(=O)c1cc(C(=O)I)no1. The van der Waals surface area contributed by atoms with Crippen LogP contribution in [0.3, 0.4) is 0 Å². The number of carbonyl (C=O) groups is 2. The maximum atomic E-state index is 10.6. The summed E-state index contributed by atoms with van der Waals surface area (Å²) in [7, 11) is 0. The third-order valence-electron chi connectivity index (χ3n) is 1.06. The van der Waals surface area contributed by atoms with Crippen LogP contribution < -0.4 is 0 Å². The lowest BCUT2D eigenvalue weighted by atomic mass is 10.3. The number of ketones is 1. The first-order valence-electron chi connectivity index (χ1n) is 2.78. The molecule has 0 N–H and O–H groups in total. The van der Waals surface area contributed by atoms with Crippen molar-refractivity contribution in [2.75, 3.05) is 0 Å². The van der Waals surface area contributed by atoms with Crippen molar-refractivity contribution >= 4 is 32.2 Å². The van der Waals surface area contributed by atoms with Gasteiger partial charge in [-0.15, -0.1) is 0 Å². The number of hydrogen-bond acceptors (Lipinski definition) is 4. The lowest BCUT2D eigenvalue weighted by molar-refractivity contribution is 0.0976. The second-order valence-electron chi connectivity index (χ2n) is 1.91. The molecular formula is C6H4INO3. The summed E-state index contributed by atoms with van der Waals surface area (Å²) in [6.45, 7) is 1.35. The summed E-state index contributed by atoms with van der Waals surface area (Å²) in [4.78, 5) is 21.3. The summed E-state index contributed by atoms with van der Waals surface area (Å²) >= 11 is 1.57. The molecule has 0 saturated carbocycles. The van der Waals surface area contributed by atoms with Gasteiger partial charge >= 0.3 is 0 Å². The van der Waals surface area contributed by atoms with Crippen molar-refractivity contribution in [2.45, 2.75) is 6.92 Å². The lowest BCUT2D eigenvalue weighted by Crippen LogP contribution is -1.88. The zero-order valence-electron chi connectivity index (χ0n) is 5.63. The Morgan fingerprint density at radius 1 is 1.64 bits per heavy atom. The van der Waals surface area contributed by atoms with Gasteiger partial charge in [-0.3, -0.25) is 9.59 Å². The van der Waals surface area contributed by atoms with Crippen molar-refractivity contribution in [3.05, 3.63) is 17.5 Å². The molecule has 0 amide bonds. The fourth-order valence-corrected chi connectivity index (χ4v) is 0.788. The van der Waals surface area contributed by atoms with Crippen molar-refractivity contribution in [1.82, 2.24) is 5.16 Å². The summed E-state index contributed by atoms with van der Waals surface area (Å²) in [6.07, 6.45) is 0. The number of nitrogens with zero attached hydrogens (tertiary/aromatic N) is 1.